The van der Waals surface area contributed by atoms with Crippen molar-refractivity contribution in [3.63, 3.8) is 0 Å². The molecule has 0 spiro atoms. The Morgan fingerprint density at radius 2 is 2.00 bits per heavy atom. The van der Waals surface area contributed by atoms with Crippen LogP contribution in [0, 0.1) is 5.82 Å². The molecule has 4 heteroatoms. The minimum Gasteiger partial charge on any atom is -0.436 e. The van der Waals surface area contributed by atoms with Gasteiger partial charge in [-0.3, -0.25) is 0 Å². The van der Waals surface area contributed by atoms with Crippen molar-refractivity contribution in [2.24, 2.45) is 0 Å². The minimum atomic E-state index is -0.504. The molecule has 0 radical (unpaired) electrons. The maximum absolute atomic E-state index is 14.0. The highest BCUT2D eigenvalue weighted by atomic mass is 35.5. The molecule has 0 saturated heterocycles. The molecule has 0 saturated carbocycles. The molecule has 19 heavy (non-hydrogen) atoms. The molecular formula is C15H15ClFNO. The molecule has 0 atom stereocenters. The Bertz CT molecular complexity index is 572. The van der Waals surface area contributed by atoms with Crippen LogP contribution in [0.25, 0.3) is 0 Å². The lowest BCUT2D eigenvalue weighted by Crippen LogP contribution is -1.99. The second-order valence-corrected chi connectivity index (χ2v) is 4.78. The van der Waals surface area contributed by atoms with Gasteiger partial charge in [-0.05, 0) is 23.6 Å². The molecular weight excluding hydrogens is 265 g/mol. The van der Waals surface area contributed by atoms with Gasteiger partial charge in [-0.2, -0.15) is 0 Å². The third kappa shape index (κ3) is 3.04. The first-order valence-corrected chi connectivity index (χ1v) is 6.63. The number of hydrogen-bond donors (Lipinski definition) is 0. The third-order valence-corrected chi connectivity index (χ3v) is 3.12. The van der Waals surface area contributed by atoms with Gasteiger partial charge in [0, 0.05) is 11.8 Å². The number of aromatic nitrogens is 1. The lowest BCUT2D eigenvalue weighted by Gasteiger charge is -2.13. The summed E-state index contributed by atoms with van der Waals surface area (Å²) < 4.78 is 19.6. The van der Waals surface area contributed by atoms with E-state index in [1.807, 2.05) is 24.3 Å². The molecule has 0 unspecified atom stereocenters. The topological polar surface area (TPSA) is 22.1 Å². The zero-order valence-electron chi connectivity index (χ0n) is 10.9. The second-order valence-electron chi connectivity index (χ2n) is 4.52. The number of halogens is 2. The summed E-state index contributed by atoms with van der Waals surface area (Å²) in [7, 11) is 0. The van der Waals surface area contributed by atoms with Crippen LogP contribution in [0.5, 0.6) is 11.6 Å². The maximum atomic E-state index is 14.0. The number of nitrogens with zero attached hydrogens (tertiary/aromatic N) is 1. The van der Waals surface area contributed by atoms with Gasteiger partial charge < -0.3 is 4.74 Å². The summed E-state index contributed by atoms with van der Waals surface area (Å²) in [5.41, 5.74) is 1.40. The van der Waals surface area contributed by atoms with Gasteiger partial charge in [0.15, 0.2) is 5.82 Å². The molecule has 1 aromatic heterocycles. The van der Waals surface area contributed by atoms with Crippen LogP contribution >= 0.6 is 11.6 Å². The van der Waals surface area contributed by atoms with Crippen LogP contribution in [0.1, 0.15) is 30.9 Å². The van der Waals surface area contributed by atoms with Gasteiger partial charge in [-0.25, -0.2) is 9.37 Å². The maximum Gasteiger partial charge on any atom is 0.256 e. The molecule has 0 bridgehead atoms. The van der Waals surface area contributed by atoms with E-state index >= 15 is 0 Å². The van der Waals surface area contributed by atoms with E-state index in [0.717, 1.165) is 5.56 Å². The molecule has 100 valence electrons. The van der Waals surface area contributed by atoms with E-state index in [4.69, 9.17) is 16.3 Å². The number of hydrogen-bond acceptors (Lipinski definition) is 2. The molecule has 0 aliphatic rings. The van der Waals surface area contributed by atoms with Crippen LogP contribution < -0.4 is 4.74 Å². The summed E-state index contributed by atoms with van der Waals surface area (Å²) in [6.07, 6.45) is 1.49. The van der Waals surface area contributed by atoms with Gasteiger partial charge in [0.25, 0.3) is 5.88 Å². The number of benzene rings is 1. The monoisotopic (exact) mass is 279 g/mol. The second kappa shape index (κ2) is 6.02. The highest BCUT2D eigenvalue weighted by Gasteiger charge is 2.14. The van der Waals surface area contributed by atoms with Crippen molar-refractivity contribution in [3.05, 3.63) is 53.5 Å². The molecule has 0 amide bonds. The van der Waals surface area contributed by atoms with Gasteiger partial charge in [0.2, 0.25) is 0 Å². The molecule has 2 nitrogen and oxygen atoms in total. The van der Waals surface area contributed by atoms with Gasteiger partial charge in [-0.15, -0.1) is 11.6 Å². The quantitative estimate of drug-likeness (QED) is 0.745. The Morgan fingerprint density at radius 1 is 1.26 bits per heavy atom. The Hall–Kier alpha value is -1.61. The highest BCUT2D eigenvalue weighted by molar-refractivity contribution is 6.17. The third-order valence-electron chi connectivity index (χ3n) is 2.83. The Morgan fingerprint density at radius 3 is 2.68 bits per heavy atom. The predicted molar refractivity (Wildman–Crippen MR) is 74.4 cm³/mol. The molecule has 0 N–H and O–H groups in total. The summed E-state index contributed by atoms with van der Waals surface area (Å²) in [6, 6.07) is 9.10. The lowest BCUT2D eigenvalue weighted by atomic mass is 10.0. The Kier molecular flexibility index (Phi) is 4.38. The fourth-order valence-corrected chi connectivity index (χ4v) is 2.00. The van der Waals surface area contributed by atoms with Crippen LogP contribution in [-0.4, -0.2) is 4.98 Å². The molecule has 2 aromatic rings. The normalized spacial score (nSPS) is 10.8. The van der Waals surface area contributed by atoms with E-state index in [9.17, 15) is 4.39 Å². The summed E-state index contributed by atoms with van der Waals surface area (Å²) in [5, 5.41) is 0. The average molecular weight is 280 g/mol. The first kappa shape index (κ1) is 13.8. The molecule has 0 aliphatic carbocycles. The van der Waals surface area contributed by atoms with Crippen molar-refractivity contribution in [1.82, 2.24) is 4.98 Å². The van der Waals surface area contributed by atoms with Crippen molar-refractivity contribution in [2.45, 2.75) is 25.6 Å². The van der Waals surface area contributed by atoms with Gasteiger partial charge in [-0.1, -0.05) is 32.0 Å². The fraction of sp³-hybridized carbons (Fsp3) is 0.267. The Labute approximate surface area is 117 Å². The Balaban J connectivity index is 2.37. The van der Waals surface area contributed by atoms with Gasteiger partial charge in [0.05, 0.1) is 5.88 Å². The molecule has 2 rings (SSSR count). The number of para-hydroxylation sites is 1. The van der Waals surface area contributed by atoms with E-state index in [1.54, 1.807) is 6.07 Å². The number of rotatable bonds is 4. The fourth-order valence-electron chi connectivity index (χ4n) is 1.79. The summed E-state index contributed by atoms with van der Waals surface area (Å²) in [6.45, 7) is 4.11. The van der Waals surface area contributed by atoms with E-state index in [1.165, 1.54) is 6.20 Å². The van der Waals surface area contributed by atoms with Crippen LogP contribution in [0.3, 0.4) is 0 Å². The van der Waals surface area contributed by atoms with Gasteiger partial charge >= 0.3 is 0 Å². The number of pyridine rings is 1. The first-order valence-electron chi connectivity index (χ1n) is 6.09. The zero-order chi connectivity index (χ0) is 13.8. The van der Waals surface area contributed by atoms with Crippen molar-refractivity contribution >= 4 is 11.6 Å². The van der Waals surface area contributed by atoms with E-state index in [2.05, 4.69) is 18.8 Å². The number of alkyl halides is 1. The molecule has 0 aliphatic heterocycles. The lowest BCUT2D eigenvalue weighted by molar-refractivity contribution is 0.414. The largest absolute Gasteiger partial charge is 0.436 e. The number of ether oxygens (including phenoxy) is 1. The van der Waals surface area contributed by atoms with Crippen molar-refractivity contribution in [2.75, 3.05) is 0 Å². The average Bonchev–Trinajstić information content (AvgIpc) is 2.41. The van der Waals surface area contributed by atoms with E-state index < -0.39 is 5.82 Å². The predicted octanol–water partition coefficient (Wildman–Crippen LogP) is 4.88. The summed E-state index contributed by atoms with van der Waals surface area (Å²) in [5.74, 6) is 0.463. The molecule has 1 aromatic carbocycles. The van der Waals surface area contributed by atoms with Crippen LogP contribution in [0.2, 0.25) is 0 Å². The smallest absolute Gasteiger partial charge is 0.256 e. The SMILES string of the molecule is CC(C)c1ccccc1Oc1nccc(CCl)c1F. The molecule has 0 fully saturated rings. The van der Waals surface area contributed by atoms with Gasteiger partial charge in [0.1, 0.15) is 5.75 Å². The van der Waals surface area contributed by atoms with Crippen LogP contribution in [0.15, 0.2) is 36.5 Å². The van der Waals surface area contributed by atoms with Crippen molar-refractivity contribution in [3.8, 4) is 11.6 Å². The summed E-state index contributed by atoms with van der Waals surface area (Å²) >= 11 is 5.67. The molecule has 1 heterocycles. The standard InChI is InChI=1S/C15H15ClFNO/c1-10(2)12-5-3-4-6-13(12)19-15-14(17)11(9-16)7-8-18-15/h3-8,10H,9H2,1-2H3. The van der Waals surface area contributed by atoms with Crippen LogP contribution in [-0.2, 0) is 5.88 Å². The minimum absolute atomic E-state index is 0.0359. The summed E-state index contributed by atoms with van der Waals surface area (Å²) in [4.78, 5) is 3.93. The van der Waals surface area contributed by atoms with E-state index in [-0.39, 0.29) is 17.7 Å². The van der Waals surface area contributed by atoms with Crippen molar-refractivity contribution < 1.29 is 9.13 Å². The van der Waals surface area contributed by atoms with Crippen LogP contribution in [0.4, 0.5) is 4.39 Å². The van der Waals surface area contributed by atoms with E-state index in [0.29, 0.717) is 11.3 Å². The first-order chi connectivity index (χ1) is 9.13. The van der Waals surface area contributed by atoms with Crippen molar-refractivity contribution in [1.29, 1.82) is 0 Å². The highest BCUT2D eigenvalue weighted by Crippen LogP contribution is 2.31. The zero-order valence-corrected chi connectivity index (χ0v) is 11.6.